The molecule has 19 heavy (non-hydrogen) atoms. The van der Waals surface area contributed by atoms with Crippen molar-refractivity contribution in [1.29, 1.82) is 0 Å². The summed E-state index contributed by atoms with van der Waals surface area (Å²) >= 11 is 8.22. The van der Waals surface area contributed by atoms with Gasteiger partial charge >= 0.3 is 0 Å². The van der Waals surface area contributed by atoms with Crippen molar-refractivity contribution in [3.05, 3.63) is 53.0 Å². The highest BCUT2D eigenvalue weighted by Crippen LogP contribution is 2.29. The number of anilines is 1. The average Bonchev–Trinajstić information content (AvgIpc) is 2.43. The van der Waals surface area contributed by atoms with Crippen molar-refractivity contribution in [2.45, 2.75) is 9.79 Å². The van der Waals surface area contributed by atoms with Gasteiger partial charge in [0.1, 0.15) is 0 Å². The van der Waals surface area contributed by atoms with Gasteiger partial charge in [-0.3, -0.25) is 4.79 Å². The Labute approximate surface area is 133 Å². The van der Waals surface area contributed by atoms with E-state index in [0.717, 1.165) is 15.1 Å². The Morgan fingerprint density at radius 3 is 2.05 bits per heavy atom. The van der Waals surface area contributed by atoms with E-state index in [1.807, 2.05) is 36.4 Å². The molecule has 0 bridgehead atoms. The lowest BCUT2D eigenvalue weighted by molar-refractivity contribution is -0.113. The predicted molar refractivity (Wildman–Crippen MR) is 87.1 cm³/mol. The second-order valence-electron chi connectivity index (χ2n) is 3.76. The number of alkyl halides is 1. The average molecular weight is 401 g/mol. The van der Waals surface area contributed by atoms with Crippen LogP contribution in [0.25, 0.3) is 0 Å². The van der Waals surface area contributed by atoms with Crippen molar-refractivity contribution in [2.24, 2.45) is 0 Å². The number of halogens is 2. The van der Waals surface area contributed by atoms with Crippen LogP contribution in [-0.2, 0) is 4.79 Å². The highest BCUT2D eigenvalue weighted by molar-refractivity contribution is 9.10. The zero-order valence-corrected chi connectivity index (χ0v) is 13.9. The van der Waals surface area contributed by atoms with E-state index in [-0.39, 0.29) is 5.91 Å². The van der Waals surface area contributed by atoms with E-state index in [1.54, 1.807) is 11.8 Å². The van der Waals surface area contributed by atoms with Crippen LogP contribution in [0.15, 0.2) is 62.8 Å². The molecule has 5 heteroatoms. The molecule has 0 saturated carbocycles. The molecule has 0 aliphatic rings. The van der Waals surface area contributed by atoms with E-state index < -0.39 is 0 Å². The molecule has 0 aromatic heterocycles. The largest absolute Gasteiger partial charge is 0.325 e. The molecule has 0 saturated heterocycles. The molecule has 0 heterocycles. The van der Waals surface area contributed by atoms with Crippen LogP contribution in [0.5, 0.6) is 0 Å². The molecule has 0 unspecified atom stereocenters. The number of benzene rings is 2. The Bertz CT molecular complexity index is 555. The first-order chi connectivity index (χ1) is 9.17. The van der Waals surface area contributed by atoms with Gasteiger partial charge in [-0.15, -0.1) is 0 Å². The molecule has 2 aromatic rings. The van der Waals surface area contributed by atoms with E-state index >= 15 is 0 Å². The first-order valence-electron chi connectivity index (χ1n) is 5.56. The maximum Gasteiger partial charge on any atom is 0.235 e. The number of amides is 1. The van der Waals surface area contributed by atoms with Gasteiger partial charge in [-0.05, 0) is 48.5 Å². The number of hydrogen-bond donors (Lipinski definition) is 1. The minimum absolute atomic E-state index is 0.0479. The van der Waals surface area contributed by atoms with Gasteiger partial charge in [-0.25, -0.2) is 0 Å². The molecule has 0 spiro atoms. The molecule has 0 aliphatic carbocycles. The summed E-state index contributed by atoms with van der Waals surface area (Å²) in [7, 11) is 0. The molecule has 1 amide bonds. The van der Waals surface area contributed by atoms with Crippen molar-refractivity contribution in [3.63, 3.8) is 0 Å². The van der Waals surface area contributed by atoms with Crippen LogP contribution < -0.4 is 5.32 Å². The number of carbonyl (C=O) groups excluding carboxylic acids is 1. The molecule has 0 fully saturated rings. The third kappa shape index (κ3) is 4.67. The number of carbonyl (C=O) groups is 1. The number of nitrogens with one attached hydrogen (secondary N) is 1. The van der Waals surface area contributed by atoms with Crippen molar-refractivity contribution >= 4 is 55.2 Å². The van der Waals surface area contributed by atoms with Gasteiger partial charge in [0.05, 0.1) is 5.33 Å². The van der Waals surface area contributed by atoms with E-state index in [1.165, 1.54) is 4.90 Å². The van der Waals surface area contributed by atoms with Crippen LogP contribution in [-0.4, -0.2) is 11.2 Å². The highest BCUT2D eigenvalue weighted by atomic mass is 79.9. The van der Waals surface area contributed by atoms with Crippen molar-refractivity contribution in [1.82, 2.24) is 0 Å². The highest BCUT2D eigenvalue weighted by Gasteiger charge is 2.01. The Balaban J connectivity index is 2.02. The van der Waals surface area contributed by atoms with Crippen molar-refractivity contribution in [3.8, 4) is 0 Å². The van der Waals surface area contributed by atoms with Gasteiger partial charge in [0.15, 0.2) is 0 Å². The van der Waals surface area contributed by atoms with Crippen LogP contribution in [0.3, 0.4) is 0 Å². The fourth-order valence-corrected chi connectivity index (χ4v) is 2.66. The molecule has 1 N–H and O–H groups in total. The first kappa shape index (κ1) is 14.6. The van der Waals surface area contributed by atoms with Gasteiger partial charge in [0.25, 0.3) is 0 Å². The van der Waals surface area contributed by atoms with Gasteiger partial charge in [-0.1, -0.05) is 43.6 Å². The minimum atomic E-state index is -0.0479. The van der Waals surface area contributed by atoms with Crippen LogP contribution in [0.1, 0.15) is 0 Å². The zero-order chi connectivity index (χ0) is 13.7. The Morgan fingerprint density at radius 1 is 1.00 bits per heavy atom. The summed E-state index contributed by atoms with van der Waals surface area (Å²) in [6.45, 7) is 0. The summed E-state index contributed by atoms with van der Waals surface area (Å²) in [6, 6.07) is 16.0. The molecule has 2 nitrogen and oxygen atoms in total. The smallest absolute Gasteiger partial charge is 0.235 e. The second-order valence-corrected chi connectivity index (χ2v) is 6.39. The lowest BCUT2D eigenvalue weighted by Crippen LogP contribution is -2.11. The molecular weight excluding hydrogens is 390 g/mol. The van der Waals surface area contributed by atoms with E-state index in [2.05, 4.69) is 49.3 Å². The van der Waals surface area contributed by atoms with Gasteiger partial charge in [-0.2, -0.15) is 0 Å². The predicted octanol–water partition coefficient (Wildman–Crippen LogP) is 4.93. The molecule has 2 aromatic carbocycles. The summed E-state index contributed by atoms with van der Waals surface area (Å²) in [4.78, 5) is 13.5. The molecule has 0 radical (unpaired) electrons. The summed E-state index contributed by atoms with van der Waals surface area (Å²) in [6.07, 6.45) is 0. The zero-order valence-electron chi connectivity index (χ0n) is 9.90. The standard InChI is InChI=1S/C14H11Br2NOS/c15-9-14(18)17-11-3-7-13(8-4-11)19-12-5-1-10(16)2-6-12/h1-8H,9H2,(H,17,18). The van der Waals surface area contributed by atoms with Crippen LogP contribution in [0.2, 0.25) is 0 Å². The summed E-state index contributed by atoms with van der Waals surface area (Å²) in [5, 5.41) is 3.10. The van der Waals surface area contributed by atoms with E-state index in [9.17, 15) is 4.79 Å². The Kier molecular flexibility index (Phi) is 5.48. The maximum absolute atomic E-state index is 11.2. The molecule has 98 valence electrons. The summed E-state index contributed by atoms with van der Waals surface area (Å²) in [5.41, 5.74) is 0.810. The number of hydrogen-bond acceptors (Lipinski definition) is 2. The fraction of sp³-hybridized carbons (Fsp3) is 0.0714. The molecule has 0 atom stereocenters. The molecule has 2 rings (SSSR count). The summed E-state index contributed by atoms with van der Waals surface area (Å²) < 4.78 is 1.07. The van der Waals surface area contributed by atoms with Crippen molar-refractivity contribution < 1.29 is 4.79 Å². The lowest BCUT2D eigenvalue weighted by atomic mass is 10.3. The second kappa shape index (κ2) is 7.12. The Hall–Kier alpha value is -0.780. The van der Waals surface area contributed by atoms with Gasteiger partial charge < -0.3 is 5.32 Å². The summed E-state index contributed by atoms with van der Waals surface area (Å²) in [5.74, 6) is -0.0479. The van der Waals surface area contributed by atoms with Gasteiger partial charge in [0, 0.05) is 20.0 Å². The SMILES string of the molecule is O=C(CBr)Nc1ccc(Sc2ccc(Br)cc2)cc1. The van der Waals surface area contributed by atoms with Crippen LogP contribution in [0, 0.1) is 0 Å². The normalized spacial score (nSPS) is 10.2. The topological polar surface area (TPSA) is 29.1 Å². The number of rotatable bonds is 4. The van der Waals surface area contributed by atoms with Gasteiger partial charge in [0.2, 0.25) is 5.91 Å². The third-order valence-electron chi connectivity index (χ3n) is 2.31. The van der Waals surface area contributed by atoms with Crippen molar-refractivity contribution in [2.75, 3.05) is 10.6 Å². The third-order valence-corrected chi connectivity index (χ3v) is 4.36. The molecular formula is C14H11Br2NOS. The fourth-order valence-electron chi connectivity index (χ4n) is 1.44. The quantitative estimate of drug-likeness (QED) is 0.737. The Morgan fingerprint density at radius 2 is 1.53 bits per heavy atom. The van der Waals surface area contributed by atoms with E-state index in [0.29, 0.717) is 5.33 Å². The molecule has 0 aliphatic heterocycles. The minimum Gasteiger partial charge on any atom is -0.325 e. The van der Waals surface area contributed by atoms with Crippen LogP contribution >= 0.6 is 43.6 Å². The lowest BCUT2D eigenvalue weighted by Gasteiger charge is -2.05. The monoisotopic (exact) mass is 399 g/mol. The van der Waals surface area contributed by atoms with E-state index in [4.69, 9.17) is 0 Å². The maximum atomic E-state index is 11.2. The first-order valence-corrected chi connectivity index (χ1v) is 8.30. The van der Waals surface area contributed by atoms with Crippen LogP contribution in [0.4, 0.5) is 5.69 Å².